The van der Waals surface area contributed by atoms with E-state index in [1.54, 1.807) is 0 Å². The molecule has 0 unspecified atom stereocenters. The molecule has 0 radical (unpaired) electrons. The Hall–Kier alpha value is -1.57. The van der Waals surface area contributed by atoms with Crippen LogP contribution in [0.25, 0.3) is 0 Å². The molecule has 1 heterocycles. The number of nitrogens with zero attached hydrogens (tertiary/aromatic N) is 3. The number of hydrogen-bond donors (Lipinski definition) is 2. The highest BCUT2D eigenvalue weighted by atomic mass is 127. The molecule has 24 heavy (non-hydrogen) atoms. The van der Waals surface area contributed by atoms with E-state index in [2.05, 4.69) is 58.0 Å². The molecule has 0 atom stereocenters. The van der Waals surface area contributed by atoms with Crippen molar-refractivity contribution in [2.24, 2.45) is 12.0 Å². The van der Waals surface area contributed by atoms with Gasteiger partial charge in [-0.3, -0.25) is 9.67 Å². The van der Waals surface area contributed by atoms with Crippen molar-refractivity contribution in [2.75, 3.05) is 19.6 Å². The van der Waals surface area contributed by atoms with Crippen molar-refractivity contribution in [1.82, 2.24) is 20.4 Å². The fourth-order valence-electron chi connectivity index (χ4n) is 2.39. The summed E-state index contributed by atoms with van der Waals surface area (Å²) in [5, 5.41) is 10.9. The number of aromatic nitrogens is 2. The number of guanidine groups is 1. The van der Waals surface area contributed by atoms with Gasteiger partial charge in [0, 0.05) is 32.9 Å². The first kappa shape index (κ1) is 20.5. The second-order valence-electron chi connectivity index (χ2n) is 5.55. The number of hydrogen-bond acceptors (Lipinski definition) is 2. The van der Waals surface area contributed by atoms with E-state index in [1.165, 1.54) is 11.1 Å². The lowest BCUT2D eigenvalue weighted by molar-refractivity contribution is 0.763. The highest BCUT2D eigenvalue weighted by Crippen LogP contribution is 2.02. The number of aryl methyl sites for hydroxylation is 2. The molecular weight excluding hydrogens is 413 g/mol. The number of halogens is 1. The largest absolute Gasteiger partial charge is 0.357 e. The number of nitrogens with one attached hydrogen (secondary N) is 2. The average Bonchev–Trinajstić information content (AvgIpc) is 2.98. The Morgan fingerprint density at radius 1 is 1.12 bits per heavy atom. The summed E-state index contributed by atoms with van der Waals surface area (Å²) < 4.78 is 1.83. The predicted molar refractivity (Wildman–Crippen MR) is 111 cm³/mol. The Kier molecular flexibility index (Phi) is 10.1. The van der Waals surface area contributed by atoms with E-state index < -0.39 is 0 Å². The molecule has 5 nitrogen and oxygen atoms in total. The smallest absolute Gasteiger partial charge is 0.191 e. The lowest BCUT2D eigenvalue weighted by Gasteiger charge is -2.10. The van der Waals surface area contributed by atoms with Crippen LogP contribution in [0.1, 0.15) is 24.5 Å². The molecular formula is C18H28IN5. The third-order valence-electron chi connectivity index (χ3n) is 3.55. The number of benzene rings is 1. The number of aliphatic imine (C=N–C) groups is 1. The predicted octanol–water partition coefficient (Wildman–Crippen LogP) is 2.77. The molecule has 1 aromatic heterocycles. The quantitative estimate of drug-likeness (QED) is 0.287. The van der Waals surface area contributed by atoms with E-state index in [0.29, 0.717) is 0 Å². The van der Waals surface area contributed by atoms with Crippen molar-refractivity contribution < 1.29 is 0 Å². The maximum Gasteiger partial charge on any atom is 0.191 e. The van der Waals surface area contributed by atoms with Gasteiger partial charge in [-0.1, -0.05) is 30.3 Å². The Labute approximate surface area is 162 Å². The van der Waals surface area contributed by atoms with Gasteiger partial charge in [0.1, 0.15) is 0 Å². The maximum atomic E-state index is 4.64. The van der Waals surface area contributed by atoms with Crippen LogP contribution in [0.3, 0.4) is 0 Å². The summed E-state index contributed by atoms with van der Waals surface area (Å²) in [6, 6.07) is 10.6. The fourth-order valence-corrected chi connectivity index (χ4v) is 2.39. The number of rotatable bonds is 8. The highest BCUT2D eigenvalue weighted by molar-refractivity contribution is 14.0. The summed E-state index contributed by atoms with van der Waals surface area (Å²) in [5.41, 5.74) is 2.61. The highest BCUT2D eigenvalue weighted by Gasteiger charge is 1.99. The Morgan fingerprint density at radius 2 is 1.92 bits per heavy atom. The monoisotopic (exact) mass is 441 g/mol. The molecule has 1 aromatic carbocycles. The van der Waals surface area contributed by atoms with Crippen molar-refractivity contribution in [1.29, 1.82) is 0 Å². The van der Waals surface area contributed by atoms with E-state index in [1.807, 2.05) is 24.1 Å². The molecule has 0 aliphatic carbocycles. The minimum absolute atomic E-state index is 0. The van der Waals surface area contributed by atoms with E-state index in [-0.39, 0.29) is 24.0 Å². The van der Waals surface area contributed by atoms with Crippen LogP contribution in [0, 0.1) is 0 Å². The standard InChI is InChI=1S/C18H27N5.HI/c1-3-19-18(21-13-11-17-14-22-23(2)15-17)20-12-7-10-16-8-5-4-6-9-16;/h4-6,8-9,14-15H,3,7,10-13H2,1-2H3,(H2,19,20,21);1H. The van der Waals surface area contributed by atoms with Gasteiger partial charge < -0.3 is 10.6 Å². The van der Waals surface area contributed by atoms with Gasteiger partial charge in [-0.25, -0.2) is 0 Å². The van der Waals surface area contributed by atoms with Crippen LogP contribution in [0.5, 0.6) is 0 Å². The average molecular weight is 441 g/mol. The molecule has 0 saturated heterocycles. The zero-order valence-corrected chi connectivity index (χ0v) is 16.9. The van der Waals surface area contributed by atoms with E-state index >= 15 is 0 Å². The van der Waals surface area contributed by atoms with Crippen LogP contribution in [-0.4, -0.2) is 35.4 Å². The summed E-state index contributed by atoms with van der Waals surface area (Å²) >= 11 is 0. The first-order valence-electron chi connectivity index (χ1n) is 8.31. The van der Waals surface area contributed by atoms with Crippen LogP contribution < -0.4 is 10.6 Å². The zero-order valence-electron chi connectivity index (χ0n) is 14.5. The third kappa shape index (κ3) is 7.81. The van der Waals surface area contributed by atoms with Crippen molar-refractivity contribution in [2.45, 2.75) is 26.2 Å². The Balaban J connectivity index is 0.00000288. The van der Waals surface area contributed by atoms with Gasteiger partial charge in [0.25, 0.3) is 0 Å². The third-order valence-corrected chi connectivity index (χ3v) is 3.55. The van der Waals surface area contributed by atoms with Crippen molar-refractivity contribution in [3.05, 3.63) is 53.9 Å². The second-order valence-corrected chi connectivity index (χ2v) is 5.55. The summed E-state index contributed by atoms with van der Waals surface area (Å²) in [6.07, 6.45) is 7.03. The van der Waals surface area contributed by atoms with Crippen molar-refractivity contribution >= 4 is 29.9 Å². The van der Waals surface area contributed by atoms with Gasteiger partial charge in [0.2, 0.25) is 0 Å². The lowest BCUT2D eigenvalue weighted by Crippen LogP contribution is -2.38. The molecule has 2 N–H and O–H groups in total. The van der Waals surface area contributed by atoms with E-state index in [0.717, 1.165) is 44.9 Å². The minimum atomic E-state index is 0. The van der Waals surface area contributed by atoms with Crippen LogP contribution in [0.15, 0.2) is 47.7 Å². The molecule has 2 aromatic rings. The van der Waals surface area contributed by atoms with Crippen molar-refractivity contribution in [3.8, 4) is 0 Å². The summed E-state index contributed by atoms with van der Waals surface area (Å²) in [4.78, 5) is 4.64. The zero-order chi connectivity index (χ0) is 16.3. The van der Waals surface area contributed by atoms with Crippen LogP contribution in [0.2, 0.25) is 0 Å². The molecule has 0 fully saturated rings. The molecule has 0 amide bonds. The minimum Gasteiger partial charge on any atom is -0.357 e. The fraction of sp³-hybridized carbons (Fsp3) is 0.444. The normalized spacial score (nSPS) is 11.0. The maximum absolute atomic E-state index is 4.64. The summed E-state index contributed by atoms with van der Waals surface area (Å²) in [6.45, 7) is 4.65. The Bertz CT molecular complexity index is 594. The van der Waals surface area contributed by atoms with Crippen molar-refractivity contribution in [3.63, 3.8) is 0 Å². The SMILES string of the molecule is CCNC(=NCCCc1ccccc1)NCCc1cnn(C)c1.I. The van der Waals surface area contributed by atoms with Crippen LogP contribution in [0.4, 0.5) is 0 Å². The van der Waals surface area contributed by atoms with Crippen LogP contribution >= 0.6 is 24.0 Å². The molecule has 0 aliphatic rings. The van der Waals surface area contributed by atoms with Crippen LogP contribution in [-0.2, 0) is 19.9 Å². The lowest BCUT2D eigenvalue weighted by atomic mass is 10.1. The van der Waals surface area contributed by atoms with Gasteiger partial charge in [0.15, 0.2) is 5.96 Å². The van der Waals surface area contributed by atoms with Gasteiger partial charge in [-0.2, -0.15) is 5.10 Å². The van der Waals surface area contributed by atoms with Gasteiger partial charge in [-0.05, 0) is 37.3 Å². The van der Waals surface area contributed by atoms with Gasteiger partial charge >= 0.3 is 0 Å². The molecule has 0 spiro atoms. The first-order chi connectivity index (χ1) is 11.3. The molecule has 2 rings (SSSR count). The Morgan fingerprint density at radius 3 is 2.58 bits per heavy atom. The molecule has 0 aliphatic heterocycles. The van der Waals surface area contributed by atoms with E-state index in [9.17, 15) is 0 Å². The molecule has 6 heteroatoms. The van der Waals surface area contributed by atoms with E-state index in [4.69, 9.17) is 0 Å². The first-order valence-corrected chi connectivity index (χ1v) is 8.31. The summed E-state index contributed by atoms with van der Waals surface area (Å²) in [5.74, 6) is 0.893. The van der Waals surface area contributed by atoms with Gasteiger partial charge in [-0.15, -0.1) is 24.0 Å². The van der Waals surface area contributed by atoms with Gasteiger partial charge in [0.05, 0.1) is 6.20 Å². The molecule has 0 saturated carbocycles. The molecule has 0 bridgehead atoms. The second kappa shape index (κ2) is 11.9. The molecule has 132 valence electrons. The topological polar surface area (TPSA) is 54.2 Å². The summed E-state index contributed by atoms with van der Waals surface area (Å²) in [7, 11) is 1.94.